The van der Waals surface area contributed by atoms with Crippen LogP contribution < -0.4 is 10.6 Å². The van der Waals surface area contributed by atoms with Gasteiger partial charge in [-0.1, -0.05) is 23.7 Å². The van der Waals surface area contributed by atoms with Crippen LogP contribution in [0.4, 0.5) is 5.69 Å². The average molecular weight is 338 g/mol. The molecule has 0 aliphatic carbocycles. The molecule has 4 nitrogen and oxygen atoms in total. The molecule has 2 N–H and O–H groups in total. The minimum Gasteiger partial charge on any atom is -0.322 e. The molecule has 0 unspecified atom stereocenters. The summed E-state index contributed by atoms with van der Waals surface area (Å²) in [5, 5.41) is 7.81. The van der Waals surface area contributed by atoms with Crippen LogP contribution in [-0.2, 0) is 13.1 Å². The molecule has 5 heteroatoms. The molecule has 1 aliphatic rings. The number of aromatic nitrogens is 1. The summed E-state index contributed by atoms with van der Waals surface area (Å²) in [5.41, 5.74) is 5.37. The Balaban J connectivity index is 1.65. The van der Waals surface area contributed by atoms with E-state index in [2.05, 4.69) is 21.7 Å². The number of rotatable bonds is 2. The van der Waals surface area contributed by atoms with Crippen molar-refractivity contribution in [2.45, 2.75) is 20.0 Å². The number of anilines is 1. The maximum atomic E-state index is 12.7. The molecule has 1 amide bonds. The molecule has 0 fully saturated rings. The number of hydrogen-bond donors (Lipinski definition) is 2. The van der Waals surface area contributed by atoms with E-state index >= 15 is 0 Å². The van der Waals surface area contributed by atoms with E-state index in [-0.39, 0.29) is 5.91 Å². The van der Waals surface area contributed by atoms with Crippen LogP contribution in [-0.4, -0.2) is 10.9 Å². The van der Waals surface area contributed by atoms with Gasteiger partial charge in [-0.2, -0.15) is 0 Å². The predicted molar refractivity (Wildman–Crippen MR) is 96.4 cm³/mol. The molecule has 0 saturated heterocycles. The minimum atomic E-state index is -0.150. The molecule has 1 aliphatic heterocycles. The van der Waals surface area contributed by atoms with Crippen LogP contribution in [0.25, 0.3) is 10.9 Å². The summed E-state index contributed by atoms with van der Waals surface area (Å²) >= 11 is 6.00. The molecule has 2 aromatic carbocycles. The van der Waals surface area contributed by atoms with Gasteiger partial charge >= 0.3 is 0 Å². The first-order chi connectivity index (χ1) is 11.6. The van der Waals surface area contributed by atoms with Gasteiger partial charge in [-0.05, 0) is 48.4 Å². The van der Waals surface area contributed by atoms with E-state index in [4.69, 9.17) is 11.6 Å². The van der Waals surface area contributed by atoms with Crippen molar-refractivity contribution >= 4 is 34.1 Å². The van der Waals surface area contributed by atoms with E-state index in [0.717, 1.165) is 29.7 Å². The largest absolute Gasteiger partial charge is 0.322 e. The summed E-state index contributed by atoms with van der Waals surface area (Å²) in [6.45, 7) is 3.57. The lowest BCUT2D eigenvalue weighted by Crippen LogP contribution is -2.14. The third-order valence-electron chi connectivity index (χ3n) is 4.31. The zero-order valence-corrected chi connectivity index (χ0v) is 13.9. The third-order valence-corrected chi connectivity index (χ3v) is 4.55. The van der Waals surface area contributed by atoms with Crippen LogP contribution >= 0.6 is 11.6 Å². The lowest BCUT2D eigenvalue weighted by molar-refractivity contribution is 0.102. The third kappa shape index (κ3) is 2.75. The van der Waals surface area contributed by atoms with E-state index in [1.165, 1.54) is 11.1 Å². The maximum absolute atomic E-state index is 12.7. The number of halogens is 1. The van der Waals surface area contributed by atoms with Gasteiger partial charge in [0.2, 0.25) is 0 Å². The van der Waals surface area contributed by atoms with Crippen LogP contribution in [0.3, 0.4) is 0 Å². The first-order valence-electron chi connectivity index (χ1n) is 7.81. The van der Waals surface area contributed by atoms with Crippen molar-refractivity contribution in [1.29, 1.82) is 0 Å². The van der Waals surface area contributed by atoms with Crippen molar-refractivity contribution in [3.8, 4) is 0 Å². The number of aryl methyl sites for hydroxylation is 1. The van der Waals surface area contributed by atoms with Crippen LogP contribution in [0, 0.1) is 6.92 Å². The van der Waals surface area contributed by atoms with Crippen LogP contribution in [0.2, 0.25) is 5.02 Å². The number of nitrogens with zero attached hydrogens (tertiary/aromatic N) is 1. The molecule has 0 radical (unpaired) electrons. The molecule has 0 spiro atoms. The lowest BCUT2D eigenvalue weighted by Gasteiger charge is -2.10. The molecule has 0 bridgehead atoms. The van der Waals surface area contributed by atoms with Gasteiger partial charge in [0, 0.05) is 29.2 Å². The smallest absolute Gasteiger partial charge is 0.257 e. The number of carbonyl (C=O) groups excluding carboxylic acids is 1. The minimum absolute atomic E-state index is 0.150. The molecule has 0 atom stereocenters. The highest BCUT2D eigenvalue weighted by Gasteiger charge is 2.14. The van der Waals surface area contributed by atoms with E-state index in [1.54, 1.807) is 12.1 Å². The van der Waals surface area contributed by atoms with Gasteiger partial charge in [0.15, 0.2) is 0 Å². The average Bonchev–Trinajstić information content (AvgIpc) is 3.01. The second-order valence-corrected chi connectivity index (χ2v) is 6.44. The highest BCUT2D eigenvalue weighted by molar-refractivity contribution is 6.31. The Bertz CT molecular complexity index is 968. The molecular weight excluding hydrogens is 322 g/mol. The zero-order valence-electron chi connectivity index (χ0n) is 13.2. The Morgan fingerprint density at radius 2 is 1.96 bits per heavy atom. The highest BCUT2D eigenvalue weighted by Crippen LogP contribution is 2.23. The molecular formula is C19H16ClN3O. The number of benzene rings is 2. The van der Waals surface area contributed by atoms with Gasteiger partial charge in [0.05, 0.1) is 16.8 Å². The summed E-state index contributed by atoms with van der Waals surface area (Å²) in [6.07, 6.45) is 0. The van der Waals surface area contributed by atoms with Crippen LogP contribution in [0.5, 0.6) is 0 Å². The van der Waals surface area contributed by atoms with Gasteiger partial charge in [0.1, 0.15) is 0 Å². The van der Waals surface area contributed by atoms with E-state index in [0.29, 0.717) is 16.3 Å². The van der Waals surface area contributed by atoms with Gasteiger partial charge in [-0.3, -0.25) is 9.78 Å². The van der Waals surface area contributed by atoms with E-state index < -0.39 is 0 Å². The Labute approximate surface area is 144 Å². The highest BCUT2D eigenvalue weighted by atomic mass is 35.5. The molecule has 2 heterocycles. The lowest BCUT2D eigenvalue weighted by atomic mass is 10.1. The van der Waals surface area contributed by atoms with Crippen molar-refractivity contribution in [1.82, 2.24) is 10.3 Å². The SMILES string of the molecule is Cc1nc2cc(Cl)ccc2cc1C(=O)Nc1ccc2c(c1)CNC2. The fourth-order valence-electron chi connectivity index (χ4n) is 3.04. The second-order valence-electron chi connectivity index (χ2n) is 6.00. The summed E-state index contributed by atoms with van der Waals surface area (Å²) in [7, 11) is 0. The van der Waals surface area contributed by atoms with Crippen molar-refractivity contribution in [2.24, 2.45) is 0 Å². The quantitative estimate of drug-likeness (QED) is 0.741. The molecule has 24 heavy (non-hydrogen) atoms. The van der Waals surface area contributed by atoms with E-state index in [1.807, 2.05) is 31.2 Å². The Kier molecular flexibility index (Phi) is 3.71. The van der Waals surface area contributed by atoms with Gasteiger partial charge in [-0.15, -0.1) is 0 Å². The summed E-state index contributed by atoms with van der Waals surface area (Å²) in [4.78, 5) is 17.2. The van der Waals surface area contributed by atoms with Crippen molar-refractivity contribution < 1.29 is 4.79 Å². The summed E-state index contributed by atoms with van der Waals surface area (Å²) in [6, 6.07) is 13.4. The van der Waals surface area contributed by atoms with Gasteiger partial charge < -0.3 is 10.6 Å². The van der Waals surface area contributed by atoms with Crippen molar-refractivity contribution in [2.75, 3.05) is 5.32 Å². The normalized spacial score (nSPS) is 13.1. The molecule has 1 aromatic heterocycles. The number of nitrogens with one attached hydrogen (secondary N) is 2. The molecule has 3 aromatic rings. The standard InChI is InChI=1S/C19H16ClN3O/c1-11-17(7-12-2-4-15(20)8-18(12)22-11)19(24)23-16-5-3-13-9-21-10-14(13)6-16/h2-8,21H,9-10H2,1H3,(H,23,24). The number of fused-ring (bicyclic) bond motifs is 2. The molecule has 0 saturated carbocycles. The zero-order chi connectivity index (χ0) is 16.7. The number of carbonyl (C=O) groups is 1. The fraction of sp³-hybridized carbons (Fsp3) is 0.158. The maximum Gasteiger partial charge on any atom is 0.257 e. The number of amides is 1. The van der Waals surface area contributed by atoms with Crippen molar-refractivity contribution in [3.05, 3.63) is 69.9 Å². The van der Waals surface area contributed by atoms with Crippen LogP contribution in [0.15, 0.2) is 42.5 Å². The van der Waals surface area contributed by atoms with Gasteiger partial charge in [0.25, 0.3) is 5.91 Å². The molecule has 4 rings (SSSR count). The number of pyridine rings is 1. The number of hydrogen-bond acceptors (Lipinski definition) is 3. The Morgan fingerprint density at radius 1 is 1.12 bits per heavy atom. The Morgan fingerprint density at radius 3 is 2.83 bits per heavy atom. The first-order valence-corrected chi connectivity index (χ1v) is 8.19. The van der Waals surface area contributed by atoms with Crippen LogP contribution in [0.1, 0.15) is 27.2 Å². The molecule has 120 valence electrons. The summed E-state index contributed by atoms with van der Waals surface area (Å²) in [5.74, 6) is -0.150. The second kappa shape index (κ2) is 5.89. The first kappa shape index (κ1) is 15.1. The Hall–Kier alpha value is -2.43. The van der Waals surface area contributed by atoms with Crippen molar-refractivity contribution in [3.63, 3.8) is 0 Å². The topological polar surface area (TPSA) is 54.0 Å². The van der Waals surface area contributed by atoms with E-state index in [9.17, 15) is 4.79 Å². The predicted octanol–water partition coefficient (Wildman–Crippen LogP) is 4.05. The van der Waals surface area contributed by atoms with Gasteiger partial charge in [-0.25, -0.2) is 0 Å². The monoisotopic (exact) mass is 337 g/mol. The summed E-state index contributed by atoms with van der Waals surface area (Å²) < 4.78 is 0. The fourth-order valence-corrected chi connectivity index (χ4v) is 3.20.